The zero-order valence-electron chi connectivity index (χ0n) is 14.4. The Bertz CT molecular complexity index is 258. The van der Waals surface area contributed by atoms with E-state index in [0.29, 0.717) is 0 Å². The number of hydrogen-bond acceptors (Lipinski definition) is 0. The van der Waals surface area contributed by atoms with Gasteiger partial charge in [-0.1, -0.05) is 70.6 Å². The van der Waals surface area contributed by atoms with E-state index in [2.05, 4.69) is 0 Å². The molecule has 0 radical (unpaired) electrons. The van der Waals surface area contributed by atoms with Crippen molar-refractivity contribution in [2.75, 3.05) is 0 Å². The third-order valence-corrected chi connectivity index (χ3v) is 7.41. The summed E-state index contributed by atoms with van der Waals surface area (Å²) in [5, 5.41) is 0. The third-order valence-electron chi connectivity index (χ3n) is 7.41. The van der Waals surface area contributed by atoms with Crippen LogP contribution < -0.4 is 0 Å². The van der Waals surface area contributed by atoms with Crippen LogP contribution in [0.1, 0.15) is 122 Å². The van der Waals surface area contributed by atoms with Crippen LogP contribution in [0.3, 0.4) is 0 Å². The number of rotatable bonds is 0. The van der Waals surface area contributed by atoms with Crippen molar-refractivity contribution >= 4 is 0 Å². The van der Waals surface area contributed by atoms with Crippen LogP contribution in [-0.4, -0.2) is 0 Å². The highest BCUT2D eigenvalue weighted by Gasteiger charge is 2.34. The first kappa shape index (κ1) is 15.9. The van der Waals surface area contributed by atoms with Crippen LogP contribution in [0.4, 0.5) is 0 Å². The van der Waals surface area contributed by atoms with E-state index in [1.807, 2.05) is 0 Å². The smallest absolute Gasteiger partial charge is 0.0297 e. The standard InChI is InChI=1S/C11H20.C10H18/c1-3-7-11(8-4-1)9-5-2-6-10-11;1-2-6-10(7-3-1)8-4-5-9-10/h1-10H2;1-9H2. The number of hydrogen-bond donors (Lipinski definition) is 0. The van der Waals surface area contributed by atoms with Gasteiger partial charge in [0.1, 0.15) is 0 Å². The van der Waals surface area contributed by atoms with Gasteiger partial charge in [-0.15, -0.1) is 0 Å². The molecule has 0 aromatic rings. The first-order chi connectivity index (χ1) is 10.3. The van der Waals surface area contributed by atoms with E-state index in [4.69, 9.17) is 0 Å². The normalized spacial score (nSPS) is 30.9. The molecule has 0 heteroatoms. The van der Waals surface area contributed by atoms with Gasteiger partial charge in [0.05, 0.1) is 0 Å². The van der Waals surface area contributed by atoms with Crippen molar-refractivity contribution in [1.82, 2.24) is 0 Å². The molecule has 0 unspecified atom stereocenters. The molecule has 0 N–H and O–H groups in total. The second kappa shape index (κ2) is 7.51. The van der Waals surface area contributed by atoms with Crippen molar-refractivity contribution in [3.63, 3.8) is 0 Å². The van der Waals surface area contributed by atoms with Gasteiger partial charge in [0, 0.05) is 0 Å². The molecule has 4 fully saturated rings. The average molecular weight is 291 g/mol. The minimum Gasteiger partial charge on any atom is -0.0533 e. The van der Waals surface area contributed by atoms with Crippen LogP contribution in [0.2, 0.25) is 0 Å². The molecular weight excluding hydrogens is 252 g/mol. The quantitative estimate of drug-likeness (QED) is 0.435. The van der Waals surface area contributed by atoms with Crippen LogP contribution in [0, 0.1) is 10.8 Å². The van der Waals surface area contributed by atoms with Gasteiger partial charge in [0.15, 0.2) is 0 Å². The van der Waals surface area contributed by atoms with Crippen LogP contribution in [0.15, 0.2) is 0 Å². The van der Waals surface area contributed by atoms with Crippen molar-refractivity contribution < 1.29 is 0 Å². The van der Waals surface area contributed by atoms with Gasteiger partial charge in [0.2, 0.25) is 0 Å². The Balaban J connectivity index is 0.000000126. The highest BCUT2D eigenvalue weighted by Crippen LogP contribution is 2.49. The second-order valence-corrected chi connectivity index (χ2v) is 8.89. The minimum atomic E-state index is 0.858. The highest BCUT2D eigenvalue weighted by atomic mass is 14.4. The highest BCUT2D eigenvalue weighted by molar-refractivity contribution is 4.87. The zero-order valence-corrected chi connectivity index (χ0v) is 14.4. The maximum absolute atomic E-state index is 1.56. The molecule has 4 aliphatic rings. The molecule has 2 spiro atoms. The van der Waals surface area contributed by atoms with Gasteiger partial charge in [-0.3, -0.25) is 0 Å². The van der Waals surface area contributed by atoms with Gasteiger partial charge >= 0.3 is 0 Å². The molecule has 0 amide bonds. The van der Waals surface area contributed by atoms with Crippen molar-refractivity contribution in [1.29, 1.82) is 0 Å². The Kier molecular flexibility index (Phi) is 5.68. The van der Waals surface area contributed by atoms with Crippen LogP contribution in [0.25, 0.3) is 0 Å². The fourth-order valence-electron chi connectivity index (χ4n) is 6.03. The van der Waals surface area contributed by atoms with E-state index in [1.165, 1.54) is 70.6 Å². The minimum absolute atomic E-state index is 0.858. The largest absolute Gasteiger partial charge is 0.0533 e. The zero-order chi connectivity index (χ0) is 14.4. The average Bonchev–Trinajstić information content (AvgIpc) is 2.98. The van der Waals surface area contributed by atoms with E-state index in [9.17, 15) is 0 Å². The molecule has 0 aromatic heterocycles. The van der Waals surface area contributed by atoms with E-state index in [1.54, 1.807) is 51.4 Å². The van der Waals surface area contributed by atoms with Gasteiger partial charge < -0.3 is 0 Å². The molecule has 4 saturated carbocycles. The molecule has 0 aliphatic heterocycles. The summed E-state index contributed by atoms with van der Waals surface area (Å²) in [6.07, 6.45) is 29.3. The van der Waals surface area contributed by atoms with Crippen LogP contribution >= 0.6 is 0 Å². The molecule has 0 nitrogen and oxygen atoms in total. The Morgan fingerprint density at radius 2 is 0.429 bits per heavy atom. The lowest BCUT2D eigenvalue weighted by atomic mass is 9.65. The maximum Gasteiger partial charge on any atom is -0.0297 e. The predicted octanol–water partition coefficient (Wildman–Crippen LogP) is 7.41. The summed E-state index contributed by atoms with van der Waals surface area (Å²) in [5.41, 5.74) is 1.73. The monoisotopic (exact) mass is 290 g/mol. The van der Waals surface area contributed by atoms with Crippen molar-refractivity contribution in [3.05, 3.63) is 0 Å². The van der Waals surface area contributed by atoms with E-state index >= 15 is 0 Å². The second-order valence-electron chi connectivity index (χ2n) is 8.89. The van der Waals surface area contributed by atoms with E-state index < -0.39 is 0 Å². The Hall–Kier alpha value is 0. The van der Waals surface area contributed by atoms with Crippen molar-refractivity contribution in [2.45, 2.75) is 122 Å². The Morgan fingerprint density at radius 3 is 0.667 bits per heavy atom. The lowest BCUT2D eigenvalue weighted by Crippen LogP contribution is -2.26. The van der Waals surface area contributed by atoms with Crippen LogP contribution in [-0.2, 0) is 0 Å². The molecule has 0 aromatic carbocycles. The van der Waals surface area contributed by atoms with E-state index in [-0.39, 0.29) is 0 Å². The summed E-state index contributed by atoms with van der Waals surface area (Å²) in [4.78, 5) is 0. The molecule has 0 atom stereocenters. The predicted molar refractivity (Wildman–Crippen MR) is 92.6 cm³/mol. The molecule has 122 valence electrons. The van der Waals surface area contributed by atoms with Gasteiger partial charge in [0.25, 0.3) is 0 Å². The summed E-state index contributed by atoms with van der Waals surface area (Å²) in [7, 11) is 0. The topological polar surface area (TPSA) is 0 Å². The van der Waals surface area contributed by atoms with Gasteiger partial charge in [-0.25, -0.2) is 0 Å². The summed E-state index contributed by atoms with van der Waals surface area (Å²) in [6.45, 7) is 0. The fourth-order valence-corrected chi connectivity index (χ4v) is 6.03. The SMILES string of the molecule is C1CCC2(CC1)CCCC2.C1CCC2(CC1)CCCCC2. The molecule has 0 heterocycles. The molecular formula is C21H38. The van der Waals surface area contributed by atoms with Crippen molar-refractivity contribution in [2.24, 2.45) is 10.8 Å². The first-order valence-electron chi connectivity index (χ1n) is 10.3. The van der Waals surface area contributed by atoms with Crippen LogP contribution in [0.5, 0.6) is 0 Å². The summed E-state index contributed by atoms with van der Waals surface area (Å²) >= 11 is 0. The Morgan fingerprint density at radius 1 is 0.238 bits per heavy atom. The Labute approximate surface area is 133 Å². The summed E-state index contributed by atoms with van der Waals surface area (Å²) in [6, 6.07) is 0. The van der Waals surface area contributed by atoms with Gasteiger partial charge in [-0.05, 0) is 62.2 Å². The summed E-state index contributed by atoms with van der Waals surface area (Å²) in [5.74, 6) is 0. The molecule has 4 aliphatic carbocycles. The fraction of sp³-hybridized carbons (Fsp3) is 1.00. The first-order valence-corrected chi connectivity index (χ1v) is 10.3. The molecule has 4 rings (SSSR count). The maximum atomic E-state index is 1.56. The van der Waals surface area contributed by atoms with Gasteiger partial charge in [-0.2, -0.15) is 0 Å². The lowest BCUT2D eigenvalue weighted by Gasteiger charge is -2.40. The van der Waals surface area contributed by atoms with E-state index in [0.717, 1.165) is 10.8 Å². The molecule has 0 saturated heterocycles. The van der Waals surface area contributed by atoms with Crippen molar-refractivity contribution in [3.8, 4) is 0 Å². The lowest BCUT2D eigenvalue weighted by molar-refractivity contribution is 0.124. The molecule has 21 heavy (non-hydrogen) atoms. The third kappa shape index (κ3) is 4.26. The summed E-state index contributed by atoms with van der Waals surface area (Å²) < 4.78 is 0. The molecule has 0 bridgehead atoms.